The topological polar surface area (TPSA) is 58.2 Å². The van der Waals surface area contributed by atoms with Crippen LogP contribution in [0.5, 0.6) is 0 Å². The summed E-state index contributed by atoms with van der Waals surface area (Å²) in [5.74, 6) is -1.99. The van der Waals surface area contributed by atoms with Crippen LogP contribution in [0.25, 0.3) is 0 Å². The second-order valence-electron chi connectivity index (χ2n) is 3.27. The normalized spacial score (nSPS) is 9.69. The molecule has 0 fully saturated rings. The zero-order chi connectivity index (χ0) is 12.1. The zero-order valence-electron chi connectivity index (χ0n) is 9.13. The molecule has 0 unspecified atom stereocenters. The largest absolute Gasteiger partial charge is 0.348 e. The van der Waals surface area contributed by atoms with E-state index in [0.29, 0.717) is 17.8 Å². The van der Waals surface area contributed by atoms with Crippen molar-refractivity contribution >= 4 is 17.5 Å². The maximum Gasteiger partial charge on any atom is 0.313 e. The molecule has 1 aromatic rings. The van der Waals surface area contributed by atoms with Gasteiger partial charge in [0.25, 0.3) is 0 Å². The number of halogens is 1. The lowest BCUT2D eigenvalue weighted by molar-refractivity contribution is -0.136. The van der Waals surface area contributed by atoms with Crippen LogP contribution in [-0.4, -0.2) is 18.4 Å². The molecule has 2 N–H and O–H groups in total. The minimum Gasteiger partial charge on any atom is -0.348 e. The maximum atomic E-state index is 12.9. The molecule has 1 rings (SSSR count). The molecule has 86 valence electrons. The minimum atomic E-state index is -0.796. The van der Waals surface area contributed by atoms with Gasteiger partial charge in [0.15, 0.2) is 0 Å². The Morgan fingerprint density at radius 1 is 1.31 bits per heavy atom. The van der Waals surface area contributed by atoms with E-state index in [0.717, 1.165) is 0 Å². The zero-order valence-corrected chi connectivity index (χ0v) is 9.13. The smallest absolute Gasteiger partial charge is 0.313 e. The first-order valence-corrected chi connectivity index (χ1v) is 4.90. The van der Waals surface area contributed by atoms with Crippen molar-refractivity contribution < 1.29 is 14.0 Å². The van der Waals surface area contributed by atoms with E-state index in [9.17, 15) is 14.0 Å². The predicted octanol–water partition coefficient (Wildman–Crippen LogP) is 1.21. The molecule has 0 aromatic heterocycles. The van der Waals surface area contributed by atoms with Crippen molar-refractivity contribution in [2.45, 2.75) is 13.8 Å². The number of aryl methyl sites for hydroxylation is 1. The van der Waals surface area contributed by atoms with Crippen molar-refractivity contribution in [1.29, 1.82) is 0 Å². The first-order chi connectivity index (χ1) is 7.54. The summed E-state index contributed by atoms with van der Waals surface area (Å²) in [7, 11) is 0. The van der Waals surface area contributed by atoms with E-state index in [1.54, 1.807) is 13.8 Å². The van der Waals surface area contributed by atoms with Crippen LogP contribution in [0.3, 0.4) is 0 Å². The minimum absolute atomic E-state index is 0.302. The van der Waals surface area contributed by atoms with Crippen molar-refractivity contribution in [2.24, 2.45) is 0 Å². The molecule has 0 saturated heterocycles. The molecule has 1 aromatic carbocycles. The summed E-state index contributed by atoms with van der Waals surface area (Å²) < 4.78 is 12.9. The van der Waals surface area contributed by atoms with E-state index < -0.39 is 17.6 Å². The summed E-state index contributed by atoms with van der Waals surface area (Å²) in [4.78, 5) is 22.4. The number of carbonyl (C=O) groups is 2. The van der Waals surface area contributed by atoms with Crippen LogP contribution in [0.4, 0.5) is 10.1 Å². The van der Waals surface area contributed by atoms with Crippen molar-refractivity contribution in [3.05, 3.63) is 29.6 Å². The summed E-state index contributed by atoms with van der Waals surface area (Å²) >= 11 is 0. The van der Waals surface area contributed by atoms with Crippen LogP contribution in [0.1, 0.15) is 12.5 Å². The SMILES string of the molecule is CCNC(=O)C(=O)Nc1cc(F)ccc1C. The summed E-state index contributed by atoms with van der Waals surface area (Å²) in [6.45, 7) is 3.79. The highest BCUT2D eigenvalue weighted by Gasteiger charge is 2.13. The number of likely N-dealkylation sites (N-methyl/N-ethyl adjacent to an activating group) is 1. The molecule has 16 heavy (non-hydrogen) atoms. The fourth-order valence-corrected chi connectivity index (χ4v) is 1.15. The Hall–Kier alpha value is -1.91. The van der Waals surface area contributed by atoms with Crippen molar-refractivity contribution in [2.75, 3.05) is 11.9 Å². The lowest BCUT2D eigenvalue weighted by atomic mass is 10.2. The fraction of sp³-hybridized carbons (Fsp3) is 0.273. The second-order valence-corrected chi connectivity index (χ2v) is 3.27. The molecular formula is C11H13FN2O2. The quantitative estimate of drug-likeness (QED) is 0.742. The van der Waals surface area contributed by atoms with Gasteiger partial charge in [-0.1, -0.05) is 6.07 Å². The standard InChI is InChI=1S/C11H13FN2O2/c1-3-13-10(15)11(16)14-9-6-8(12)5-4-7(9)2/h4-6H,3H2,1-2H3,(H,13,15)(H,14,16). The van der Waals surface area contributed by atoms with Gasteiger partial charge in [-0.2, -0.15) is 0 Å². The van der Waals surface area contributed by atoms with Crippen LogP contribution >= 0.6 is 0 Å². The number of hydrogen-bond acceptors (Lipinski definition) is 2. The van der Waals surface area contributed by atoms with Crippen molar-refractivity contribution in [3.8, 4) is 0 Å². The molecule has 0 bridgehead atoms. The summed E-state index contributed by atoms with van der Waals surface area (Å²) in [6, 6.07) is 3.99. The van der Waals surface area contributed by atoms with Crippen molar-refractivity contribution in [1.82, 2.24) is 5.32 Å². The third kappa shape index (κ3) is 3.05. The molecule has 5 heteroatoms. The number of carbonyl (C=O) groups excluding carboxylic acids is 2. The predicted molar refractivity (Wildman–Crippen MR) is 58.5 cm³/mol. The number of anilines is 1. The first-order valence-electron chi connectivity index (χ1n) is 4.90. The highest BCUT2D eigenvalue weighted by Crippen LogP contribution is 2.15. The van der Waals surface area contributed by atoms with E-state index >= 15 is 0 Å². The Labute approximate surface area is 92.8 Å². The molecule has 0 atom stereocenters. The Balaban J connectivity index is 2.76. The van der Waals surface area contributed by atoms with E-state index in [2.05, 4.69) is 10.6 Å². The molecule has 4 nitrogen and oxygen atoms in total. The van der Waals surface area contributed by atoms with Gasteiger partial charge >= 0.3 is 11.8 Å². The summed E-state index contributed by atoms with van der Waals surface area (Å²) in [6.07, 6.45) is 0. The van der Waals surface area contributed by atoms with E-state index in [1.165, 1.54) is 18.2 Å². The second kappa shape index (κ2) is 5.25. The Morgan fingerprint density at radius 2 is 2.00 bits per heavy atom. The van der Waals surface area contributed by atoms with Gasteiger partial charge < -0.3 is 10.6 Å². The third-order valence-corrected chi connectivity index (χ3v) is 1.99. The number of rotatable bonds is 2. The van der Waals surface area contributed by atoms with Gasteiger partial charge in [0, 0.05) is 12.2 Å². The summed E-state index contributed by atoms with van der Waals surface area (Å²) in [5, 5.41) is 4.70. The number of benzene rings is 1. The van der Waals surface area contributed by atoms with Crippen molar-refractivity contribution in [3.63, 3.8) is 0 Å². The number of amides is 2. The lowest BCUT2D eigenvalue weighted by Gasteiger charge is -2.07. The van der Waals surface area contributed by atoms with Gasteiger partial charge in [0.2, 0.25) is 0 Å². The van der Waals surface area contributed by atoms with E-state index in [4.69, 9.17) is 0 Å². The monoisotopic (exact) mass is 224 g/mol. The molecule has 2 amide bonds. The Kier molecular flexibility index (Phi) is 3.99. The third-order valence-electron chi connectivity index (χ3n) is 1.99. The van der Waals surface area contributed by atoms with Crippen LogP contribution in [0.2, 0.25) is 0 Å². The van der Waals surface area contributed by atoms with Gasteiger partial charge in [-0.15, -0.1) is 0 Å². The first kappa shape index (κ1) is 12.2. The van der Waals surface area contributed by atoms with Crippen LogP contribution < -0.4 is 10.6 Å². The Morgan fingerprint density at radius 3 is 2.62 bits per heavy atom. The van der Waals surface area contributed by atoms with Crippen LogP contribution in [0, 0.1) is 12.7 Å². The maximum absolute atomic E-state index is 12.9. The fourth-order valence-electron chi connectivity index (χ4n) is 1.15. The average molecular weight is 224 g/mol. The molecule has 0 saturated carbocycles. The van der Waals surface area contributed by atoms with Gasteiger partial charge in [-0.3, -0.25) is 9.59 Å². The van der Waals surface area contributed by atoms with E-state index in [-0.39, 0.29) is 0 Å². The highest BCUT2D eigenvalue weighted by atomic mass is 19.1. The molecule has 0 aliphatic rings. The molecule has 0 aliphatic heterocycles. The van der Waals surface area contributed by atoms with Gasteiger partial charge in [-0.25, -0.2) is 4.39 Å². The van der Waals surface area contributed by atoms with Crippen LogP contribution in [0.15, 0.2) is 18.2 Å². The van der Waals surface area contributed by atoms with Gasteiger partial charge in [0.05, 0.1) is 0 Å². The Bertz CT molecular complexity index is 418. The molecule has 0 heterocycles. The van der Waals surface area contributed by atoms with Gasteiger partial charge in [-0.05, 0) is 31.5 Å². The average Bonchev–Trinajstić information content (AvgIpc) is 2.23. The lowest BCUT2D eigenvalue weighted by Crippen LogP contribution is -2.35. The molecule has 0 radical (unpaired) electrons. The molecule has 0 spiro atoms. The summed E-state index contributed by atoms with van der Waals surface area (Å²) in [5.41, 5.74) is 0.996. The number of nitrogens with one attached hydrogen (secondary N) is 2. The number of hydrogen-bond donors (Lipinski definition) is 2. The van der Waals surface area contributed by atoms with E-state index in [1.807, 2.05) is 0 Å². The molecule has 0 aliphatic carbocycles. The highest BCUT2D eigenvalue weighted by molar-refractivity contribution is 6.39. The van der Waals surface area contributed by atoms with Crippen LogP contribution in [-0.2, 0) is 9.59 Å². The molecular weight excluding hydrogens is 211 g/mol. The van der Waals surface area contributed by atoms with Gasteiger partial charge in [0.1, 0.15) is 5.82 Å².